The molecule has 3 aromatic rings. The molecular formula is C35H47ClN6O4. The number of aromatic nitrogens is 2. The molecule has 4 N–H and O–H groups in total. The number of benzene rings is 2. The van der Waals surface area contributed by atoms with Crippen molar-refractivity contribution in [1.29, 1.82) is 0 Å². The lowest BCUT2D eigenvalue weighted by Crippen LogP contribution is -2.57. The van der Waals surface area contributed by atoms with Crippen molar-refractivity contribution >= 4 is 40.5 Å². The van der Waals surface area contributed by atoms with Crippen LogP contribution in [0.25, 0.3) is 11.0 Å². The summed E-state index contributed by atoms with van der Waals surface area (Å²) in [6, 6.07) is 12.2. The number of hydrogen-bond donors (Lipinski definition) is 4. The van der Waals surface area contributed by atoms with Gasteiger partial charge >= 0.3 is 6.03 Å². The van der Waals surface area contributed by atoms with E-state index in [1.54, 1.807) is 11.9 Å². The molecule has 5 rings (SSSR count). The Morgan fingerprint density at radius 3 is 2.50 bits per heavy atom. The molecule has 46 heavy (non-hydrogen) atoms. The first-order valence-electron chi connectivity index (χ1n) is 16.5. The van der Waals surface area contributed by atoms with Gasteiger partial charge in [0.2, 0.25) is 11.8 Å². The number of aromatic amines is 1. The molecule has 10 nitrogen and oxygen atoms in total. The third-order valence-electron chi connectivity index (χ3n) is 9.79. The van der Waals surface area contributed by atoms with Crippen molar-refractivity contribution in [1.82, 2.24) is 30.8 Å². The van der Waals surface area contributed by atoms with Crippen molar-refractivity contribution in [2.24, 2.45) is 11.8 Å². The highest BCUT2D eigenvalue weighted by Crippen LogP contribution is 2.41. The van der Waals surface area contributed by atoms with Crippen LogP contribution >= 0.6 is 11.6 Å². The van der Waals surface area contributed by atoms with Crippen LogP contribution in [0.1, 0.15) is 82.3 Å². The van der Waals surface area contributed by atoms with E-state index < -0.39 is 17.5 Å². The lowest BCUT2D eigenvalue weighted by Gasteiger charge is -2.36. The van der Waals surface area contributed by atoms with E-state index in [-0.39, 0.29) is 42.2 Å². The zero-order valence-electron chi connectivity index (χ0n) is 27.5. The summed E-state index contributed by atoms with van der Waals surface area (Å²) >= 11 is 6.72. The predicted octanol–water partition coefficient (Wildman–Crippen LogP) is 5.44. The number of ether oxygens (including phenoxy) is 1. The molecule has 4 amide bonds. The first kappa shape index (κ1) is 33.7. The van der Waals surface area contributed by atoms with E-state index in [2.05, 4.69) is 34.8 Å². The summed E-state index contributed by atoms with van der Waals surface area (Å²) in [6.45, 7) is 9.76. The maximum absolute atomic E-state index is 14.1. The highest BCUT2D eigenvalue weighted by Gasteiger charge is 2.46. The maximum Gasteiger partial charge on any atom is 0.317 e. The third-order valence-corrected chi connectivity index (χ3v) is 10.1. The number of likely N-dealkylation sites (N-methyl/N-ethyl adjacent to an activating group) is 1. The average molecular weight is 651 g/mol. The monoisotopic (exact) mass is 650 g/mol. The quantitative estimate of drug-likeness (QED) is 0.208. The molecule has 11 heteroatoms. The zero-order chi connectivity index (χ0) is 33.0. The number of imidazole rings is 1. The van der Waals surface area contributed by atoms with Crippen LogP contribution in [0.2, 0.25) is 5.02 Å². The van der Waals surface area contributed by atoms with E-state index in [0.717, 1.165) is 35.9 Å². The summed E-state index contributed by atoms with van der Waals surface area (Å²) in [5.41, 5.74) is 2.25. The number of urea groups is 1. The minimum atomic E-state index is -0.941. The van der Waals surface area contributed by atoms with E-state index in [4.69, 9.17) is 21.3 Å². The van der Waals surface area contributed by atoms with Gasteiger partial charge in [-0.1, -0.05) is 56.1 Å². The highest BCUT2D eigenvalue weighted by atomic mass is 35.5. The molecule has 0 bridgehead atoms. The van der Waals surface area contributed by atoms with Gasteiger partial charge in [-0.3, -0.25) is 9.59 Å². The molecule has 2 heterocycles. The van der Waals surface area contributed by atoms with Gasteiger partial charge < -0.3 is 30.6 Å². The Morgan fingerprint density at radius 2 is 1.89 bits per heavy atom. The summed E-state index contributed by atoms with van der Waals surface area (Å²) in [4.78, 5) is 50.4. The van der Waals surface area contributed by atoms with Crippen LogP contribution in [0.4, 0.5) is 4.79 Å². The summed E-state index contributed by atoms with van der Waals surface area (Å²) in [5, 5.41) is 9.87. The van der Waals surface area contributed by atoms with Crippen LogP contribution in [0.3, 0.4) is 0 Å². The number of nitrogens with zero attached hydrogens (tertiary/aromatic N) is 2. The lowest BCUT2D eigenvalue weighted by molar-refractivity contribution is -0.134. The van der Waals surface area contributed by atoms with Gasteiger partial charge in [-0.25, -0.2) is 9.78 Å². The fourth-order valence-corrected chi connectivity index (χ4v) is 6.96. The smallest absolute Gasteiger partial charge is 0.317 e. The highest BCUT2D eigenvalue weighted by molar-refractivity contribution is 6.31. The van der Waals surface area contributed by atoms with Crippen LogP contribution < -0.4 is 16.0 Å². The van der Waals surface area contributed by atoms with Gasteiger partial charge in [0.25, 0.3) is 0 Å². The Morgan fingerprint density at radius 1 is 1.13 bits per heavy atom. The van der Waals surface area contributed by atoms with Gasteiger partial charge in [-0.15, -0.1) is 0 Å². The first-order chi connectivity index (χ1) is 22.1. The molecule has 1 saturated carbocycles. The SMILES string of the molecule is CCNC(=O)[C@H](NC(=O)C1(c2ccc3nc([C@@H](NC(=O)N(C)CC)[C@H](c4ccccc4Cl)C(C)C)[nH]c3c2)CCOC1)C1CCC1. The van der Waals surface area contributed by atoms with Gasteiger partial charge in [0.05, 0.1) is 29.1 Å². The standard InChI is InChI=1S/C35H47ClN6O4/c1-6-37-32(43)29(22-11-10-12-22)40-33(44)35(17-18-46-20-35)23-15-16-26-27(19-23)39-31(38-26)30(41-34(45)42(5)7-2)28(21(3)4)24-13-8-9-14-25(24)36/h8-9,13-16,19,21-22,28-30H,6-7,10-12,17-18,20H2,1-5H3,(H,37,43)(H,38,39)(H,40,44)(H,41,45)/t28-,29+,30-,35?/m0/s1. The molecule has 2 aliphatic rings. The van der Waals surface area contributed by atoms with Crippen LogP contribution in [0.5, 0.6) is 0 Å². The van der Waals surface area contributed by atoms with Crippen molar-refractivity contribution < 1.29 is 19.1 Å². The fraction of sp³-hybridized carbons (Fsp3) is 0.543. The third kappa shape index (κ3) is 6.74. The van der Waals surface area contributed by atoms with Crippen molar-refractivity contribution in [3.63, 3.8) is 0 Å². The van der Waals surface area contributed by atoms with Crippen LogP contribution in [0.15, 0.2) is 42.5 Å². The first-order valence-corrected chi connectivity index (χ1v) is 16.9. The molecule has 4 atom stereocenters. The Bertz CT molecular complexity index is 1550. The maximum atomic E-state index is 14.1. The largest absolute Gasteiger partial charge is 0.380 e. The minimum absolute atomic E-state index is 0.108. The van der Waals surface area contributed by atoms with Crippen LogP contribution in [0, 0.1) is 11.8 Å². The molecule has 0 radical (unpaired) electrons. The van der Waals surface area contributed by atoms with Crippen LogP contribution in [-0.2, 0) is 19.7 Å². The number of nitrogens with one attached hydrogen (secondary N) is 4. The molecule has 248 valence electrons. The number of halogens is 1. The Kier molecular flexibility index (Phi) is 10.6. The van der Waals surface area contributed by atoms with Gasteiger partial charge in [-0.05, 0) is 74.3 Å². The van der Waals surface area contributed by atoms with Gasteiger partial charge in [-0.2, -0.15) is 0 Å². The molecule has 1 saturated heterocycles. The molecule has 2 fully saturated rings. The average Bonchev–Trinajstić information content (AvgIpc) is 3.68. The number of carbonyl (C=O) groups is 3. The topological polar surface area (TPSA) is 128 Å². The van der Waals surface area contributed by atoms with Crippen molar-refractivity contribution in [3.05, 3.63) is 64.4 Å². The van der Waals surface area contributed by atoms with Crippen molar-refractivity contribution in [2.75, 3.05) is 33.4 Å². The van der Waals surface area contributed by atoms with E-state index >= 15 is 0 Å². The number of carbonyl (C=O) groups excluding carboxylic acids is 3. The van der Waals surface area contributed by atoms with E-state index in [0.29, 0.717) is 42.5 Å². The molecular weight excluding hydrogens is 604 g/mol. The lowest BCUT2D eigenvalue weighted by atomic mass is 9.76. The van der Waals surface area contributed by atoms with Crippen molar-refractivity contribution in [2.45, 2.75) is 76.8 Å². The molecule has 2 aromatic carbocycles. The summed E-state index contributed by atoms with van der Waals surface area (Å²) in [7, 11) is 1.76. The Balaban J connectivity index is 1.52. The second-order valence-electron chi connectivity index (χ2n) is 13.0. The molecule has 1 unspecified atom stereocenters. The molecule has 1 aliphatic carbocycles. The zero-order valence-corrected chi connectivity index (χ0v) is 28.2. The summed E-state index contributed by atoms with van der Waals surface area (Å²) in [6.07, 6.45) is 3.41. The fourth-order valence-electron chi connectivity index (χ4n) is 6.70. The molecule has 1 aromatic heterocycles. The Labute approximate surface area is 276 Å². The van der Waals surface area contributed by atoms with Gasteiger partial charge in [0.15, 0.2) is 0 Å². The van der Waals surface area contributed by atoms with Crippen LogP contribution in [-0.4, -0.2) is 72.1 Å². The van der Waals surface area contributed by atoms with Gasteiger partial charge in [0, 0.05) is 37.7 Å². The Hall–Kier alpha value is -3.63. The number of amides is 4. The second-order valence-corrected chi connectivity index (χ2v) is 13.4. The minimum Gasteiger partial charge on any atom is -0.380 e. The van der Waals surface area contributed by atoms with E-state index in [9.17, 15) is 14.4 Å². The predicted molar refractivity (Wildman–Crippen MR) is 180 cm³/mol. The van der Waals surface area contributed by atoms with Gasteiger partial charge in [0.1, 0.15) is 11.9 Å². The molecule has 1 aliphatic heterocycles. The summed E-state index contributed by atoms with van der Waals surface area (Å²) in [5.74, 6) is 0.337. The number of H-pyrrole nitrogens is 1. The number of hydrogen-bond acceptors (Lipinski definition) is 5. The van der Waals surface area contributed by atoms with E-state index in [1.807, 2.05) is 56.3 Å². The second kappa shape index (κ2) is 14.4. The van der Waals surface area contributed by atoms with E-state index in [1.165, 1.54) is 0 Å². The van der Waals surface area contributed by atoms with Crippen molar-refractivity contribution in [3.8, 4) is 0 Å². The number of fused-ring (bicyclic) bond motifs is 1. The molecule has 0 spiro atoms. The normalized spacial score (nSPS) is 20.2. The number of rotatable bonds is 12. The summed E-state index contributed by atoms with van der Waals surface area (Å²) < 4.78 is 5.82.